The number of imide groups is 1. The normalized spacial score (nSPS) is 19.6. The number of carbonyl (C=O) groups is 2. The summed E-state index contributed by atoms with van der Waals surface area (Å²) in [5.41, 5.74) is -1.12. The van der Waals surface area contributed by atoms with Gasteiger partial charge in [-0.05, 0) is 35.9 Å². The molecule has 0 bridgehead atoms. The molecule has 0 unspecified atom stereocenters. The van der Waals surface area contributed by atoms with Crippen molar-refractivity contribution >= 4 is 22.7 Å². The lowest BCUT2D eigenvalue weighted by Crippen LogP contribution is -2.47. The molecule has 1 aliphatic heterocycles. The Morgan fingerprint density at radius 1 is 1.08 bits per heavy atom. The maximum absolute atomic E-state index is 13.3. The number of urea groups is 1. The van der Waals surface area contributed by atoms with Crippen molar-refractivity contribution < 1.29 is 24.2 Å². The van der Waals surface area contributed by atoms with Crippen LogP contribution in [0, 0.1) is 5.82 Å². The molecule has 7 nitrogen and oxygen atoms in total. The third-order valence-corrected chi connectivity index (χ3v) is 4.53. The number of halogens is 1. The van der Waals surface area contributed by atoms with E-state index in [9.17, 15) is 24.2 Å². The predicted molar refractivity (Wildman–Crippen MR) is 90.0 cm³/mol. The third-order valence-electron chi connectivity index (χ3n) is 4.53. The van der Waals surface area contributed by atoms with Crippen LogP contribution in [0.5, 0.6) is 11.6 Å². The van der Waals surface area contributed by atoms with Gasteiger partial charge in [0, 0.05) is 17.0 Å². The zero-order chi connectivity index (χ0) is 18.5. The van der Waals surface area contributed by atoms with Crippen molar-refractivity contribution in [3.63, 3.8) is 0 Å². The molecule has 2 aromatic carbocycles. The SMILES string of the molecule is O=C1NC(=O)[C@](Cn2cc3cc(O)ccc3c2O)(c2ccc(F)cc2)N1. The number of hydrogen-bond donors (Lipinski definition) is 4. The van der Waals surface area contributed by atoms with Gasteiger partial charge in [-0.15, -0.1) is 0 Å². The minimum Gasteiger partial charge on any atom is -0.508 e. The molecule has 0 saturated carbocycles. The molecule has 4 N–H and O–H groups in total. The molecule has 4 rings (SSSR count). The Morgan fingerprint density at radius 3 is 2.46 bits per heavy atom. The predicted octanol–water partition coefficient (Wildman–Crippen LogP) is 1.93. The van der Waals surface area contributed by atoms with Gasteiger partial charge in [-0.3, -0.25) is 10.1 Å². The van der Waals surface area contributed by atoms with E-state index >= 15 is 0 Å². The maximum Gasteiger partial charge on any atom is 0.322 e. The van der Waals surface area contributed by atoms with E-state index in [1.165, 1.54) is 41.0 Å². The summed E-state index contributed by atoms with van der Waals surface area (Å²) in [6.45, 7) is -0.114. The number of carbonyl (C=O) groups excluding carboxylic acids is 2. The third kappa shape index (κ3) is 2.34. The molecule has 132 valence electrons. The molecule has 2 heterocycles. The highest BCUT2D eigenvalue weighted by Crippen LogP contribution is 2.34. The summed E-state index contributed by atoms with van der Waals surface area (Å²) >= 11 is 0. The number of phenolic OH excluding ortho intramolecular Hbond substituents is 1. The number of aromatic nitrogens is 1. The molecule has 1 aromatic heterocycles. The van der Waals surface area contributed by atoms with Crippen LogP contribution in [0.3, 0.4) is 0 Å². The minimum absolute atomic E-state index is 0.0369. The fraction of sp³-hybridized carbons (Fsp3) is 0.111. The van der Waals surface area contributed by atoms with Crippen LogP contribution in [-0.4, -0.2) is 26.7 Å². The number of nitrogens with zero attached hydrogens (tertiary/aromatic N) is 1. The number of fused-ring (bicyclic) bond motifs is 1. The average Bonchev–Trinajstić information content (AvgIpc) is 3.05. The topological polar surface area (TPSA) is 104 Å². The van der Waals surface area contributed by atoms with E-state index in [0.717, 1.165) is 0 Å². The minimum atomic E-state index is -1.50. The lowest BCUT2D eigenvalue weighted by atomic mass is 9.89. The molecule has 26 heavy (non-hydrogen) atoms. The largest absolute Gasteiger partial charge is 0.508 e. The summed E-state index contributed by atoms with van der Waals surface area (Å²) < 4.78 is 14.7. The number of benzene rings is 2. The standard InChI is InChI=1S/C18H14FN3O4/c19-12-3-1-11(2-4-12)18(16(25)20-17(26)21-18)9-22-8-10-7-13(23)5-6-14(10)15(22)24/h1-8,23-24H,9H2,(H2,20,21,25,26)/t18-/m0/s1. The van der Waals surface area contributed by atoms with E-state index in [1.807, 2.05) is 0 Å². The maximum atomic E-state index is 13.3. The van der Waals surface area contributed by atoms with Gasteiger partial charge in [0.05, 0.1) is 6.54 Å². The van der Waals surface area contributed by atoms with Crippen molar-refractivity contribution in [1.29, 1.82) is 0 Å². The number of amides is 3. The lowest BCUT2D eigenvalue weighted by Gasteiger charge is -2.27. The van der Waals surface area contributed by atoms with Crippen LogP contribution in [0.1, 0.15) is 5.56 Å². The monoisotopic (exact) mass is 355 g/mol. The van der Waals surface area contributed by atoms with Crippen molar-refractivity contribution in [3.8, 4) is 11.6 Å². The highest BCUT2D eigenvalue weighted by atomic mass is 19.1. The van der Waals surface area contributed by atoms with Crippen LogP contribution in [0.15, 0.2) is 48.7 Å². The Morgan fingerprint density at radius 2 is 1.81 bits per heavy atom. The van der Waals surface area contributed by atoms with Crippen LogP contribution >= 0.6 is 0 Å². The van der Waals surface area contributed by atoms with Gasteiger partial charge in [-0.1, -0.05) is 12.1 Å². The van der Waals surface area contributed by atoms with Gasteiger partial charge in [0.15, 0.2) is 11.4 Å². The van der Waals surface area contributed by atoms with Gasteiger partial charge >= 0.3 is 6.03 Å². The number of rotatable bonds is 3. The first-order chi connectivity index (χ1) is 12.4. The smallest absolute Gasteiger partial charge is 0.322 e. The number of hydrogen-bond acceptors (Lipinski definition) is 4. The van der Waals surface area contributed by atoms with Gasteiger partial charge in [-0.2, -0.15) is 0 Å². The Bertz CT molecular complexity index is 1040. The molecule has 3 amide bonds. The summed E-state index contributed by atoms with van der Waals surface area (Å²) in [7, 11) is 0. The second kappa shape index (κ2) is 5.48. The van der Waals surface area contributed by atoms with E-state index in [-0.39, 0.29) is 18.2 Å². The second-order valence-electron chi connectivity index (χ2n) is 6.17. The summed E-state index contributed by atoms with van der Waals surface area (Å²) in [5.74, 6) is -1.15. The fourth-order valence-corrected chi connectivity index (χ4v) is 3.25. The molecule has 0 spiro atoms. The Hall–Kier alpha value is -3.55. The van der Waals surface area contributed by atoms with Crippen LogP contribution in [-0.2, 0) is 16.9 Å². The van der Waals surface area contributed by atoms with E-state index in [1.54, 1.807) is 12.3 Å². The van der Waals surface area contributed by atoms with Gasteiger partial charge in [-0.25, -0.2) is 9.18 Å². The zero-order valence-electron chi connectivity index (χ0n) is 13.4. The summed E-state index contributed by atoms with van der Waals surface area (Å²) in [6.07, 6.45) is 1.56. The van der Waals surface area contributed by atoms with Crippen molar-refractivity contribution in [2.24, 2.45) is 0 Å². The summed E-state index contributed by atoms with van der Waals surface area (Å²) in [4.78, 5) is 24.3. The van der Waals surface area contributed by atoms with Gasteiger partial charge < -0.3 is 20.1 Å². The molecular weight excluding hydrogens is 341 g/mol. The molecule has 0 radical (unpaired) electrons. The van der Waals surface area contributed by atoms with Crippen LogP contribution in [0.4, 0.5) is 9.18 Å². The lowest BCUT2D eigenvalue weighted by molar-refractivity contribution is -0.124. The summed E-state index contributed by atoms with van der Waals surface area (Å²) in [5, 5.41) is 25.9. The molecule has 8 heteroatoms. The van der Waals surface area contributed by atoms with Crippen LogP contribution in [0.25, 0.3) is 10.8 Å². The zero-order valence-corrected chi connectivity index (χ0v) is 13.4. The fourth-order valence-electron chi connectivity index (χ4n) is 3.25. The number of phenols is 1. The molecule has 1 saturated heterocycles. The van der Waals surface area contributed by atoms with E-state index in [2.05, 4.69) is 10.6 Å². The van der Waals surface area contributed by atoms with E-state index in [4.69, 9.17) is 0 Å². The molecule has 0 aliphatic carbocycles. The second-order valence-corrected chi connectivity index (χ2v) is 6.17. The van der Waals surface area contributed by atoms with Gasteiger partial charge in [0.25, 0.3) is 5.91 Å². The number of aromatic hydroxyl groups is 2. The first kappa shape index (κ1) is 15.9. The first-order valence-electron chi connectivity index (χ1n) is 7.79. The van der Waals surface area contributed by atoms with Crippen molar-refractivity contribution in [3.05, 3.63) is 60.0 Å². The number of nitrogens with one attached hydrogen (secondary N) is 2. The molecule has 1 aliphatic rings. The highest BCUT2D eigenvalue weighted by Gasteiger charge is 2.48. The molecule has 1 fully saturated rings. The van der Waals surface area contributed by atoms with E-state index < -0.39 is 23.3 Å². The van der Waals surface area contributed by atoms with Crippen molar-refractivity contribution in [2.75, 3.05) is 0 Å². The first-order valence-corrected chi connectivity index (χ1v) is 7.79. The van der Waals surface area contributed by atoms with Crippen molar-refractivity contribution in [2.45, 2.75) is 12.1 Å². The van der Waals surface area contributed by atoms with Gasteiger partial charge in [0.1, 0.15) is 11.6 Å². The molecule has 3 aromatic rings. The van der Waals surface area contributed by atoms with Gasteiger partial charge in [0.2, 0.25) is 0 Å². The quantitative estimate of drug-likeness (QED) is 0.539. The highest BCUT2D eigenvalue weighted by molar-refractivity contribution is 6.07. The average molecular weight is 355 g/mol. The van der Waals surface area contributed by atoms with Crippen LogP contribution < -0.4 is 10.6 Å². The Kier molecular flexibility index (Phi) is 3.36. The van der Waals surface area contributed by atoms with Crippen molar-refractivity contribution in [1.82, 2.24) is 15.2 Å². The Labute approximate surface area is 146 Å². The van der Waals surface area contributed by atoms with E-state index in [0.29, 0.717) is 16.3 Å². The van der Waals surface area contributed by atoms with Crippen LogP contribution in [0.2, 0.25) is 0 Å². The molecule has 1 atom stereocenters. The summed E-state index contributed by atoms with van der Waals surface area (Å²) in [6, 6.07) is 8.99. The Balaban J connectivity index is 1.84. The molecular formula is C18H14FN3O4.